The van der Waals surface area contributed by atoms with Gasteiger partial charge in [-0.15, -0.1) is 0 Å². The van der Waals surface area contributed by atoms with Crippen LogP contribution < -0.4 is 31.8 Å². The standard InChI is InChI=1S/C39H28O2P2/c40-34-27-35(41)33-24-14-26-37(43(30-19-9-3-10-20-30)31-21-11-4-12-22-31)39(33)38-32(34)23-13-25-36(38)42(28-15-5-1-6-16-28)29-17-7-2-8-18-29/h1-26H,27H2. The first-order valence-corrected chi connectivity index (χ1v) is 17.0. The Balaban J connectivity index is 1.58. The Labute approximate surface area is 254 Å². The van der Waals surface area contributed by atoms with Crippen molar-refractivity contribution in [3.63, 3.8) is 0 Å². The van der Waals surface area contributed by atoms with Crippen molar-refractivity contribution in [3.8, 4) is 11.1 Å². The van der Waals surface area contributed by atoms with Crippen LogP contribution in [0.15, 0.2) is 158 Å². The van der Waals surface area contributed by atoms with E-state index in [1.54, 1.807) is 0 Å². The largest absolute Gasteiger partial charge is 0.294 e. The fraction of sp³-hybridized carbons (Fsp3) is 0.0256. The molecule has 1 aliphatic rings. The highest BCUT2D eigenvalue weighted by Crippen LogP contribution is 2.44. The molecule has 0 radical (unpaired) electrons. The number of fused-ring (bicyclic) bond motifs is 3. The van der Waals surface area contributed by atoms with Crippen molar-refractivity contribution in [1.82, 2.24) is 0 Å². The smallest absolute Gasteiger partial charge is 0.171 e. The summed E-state index contributed by atoms with van der Waals surface area (Å²) in [6, 6.07) is 54.3. The van der Waals surface area contributed by atoms with Crippen LogP contribution in [0.3, 0.4) is 0 Å². The molecule has 0 atom stereocenters. The van der Waals surface area contributed by atoms with Gasteiger partial charge in [-0.1, -0.05) is 158 Å². The highest BCUT2D eigenvalue weighted by molar-refractivity contribution is 7.80. The minimum atomic E-state index is -1.03. The average molecular weight is 591 g/mol. The lowest BCUT2D eigenvalue weighted by atomic mass is 9.96. The fourth-order valence-corrected chi connectivity index (χ4v) is 10.9. The average Bonchev–Trinajstić information content (AvgIpc) is 3.17. The minimum absolute atomic E-state index is 0.121. The monoisotopic (exact) mass is 590 g/mol. The molecule has 0 bridgehead atoms. The zero-order valence-corrected chi connectivity index (χ0v) is 25.2. The van der Waals surface area contributed by atoms with Gasteiger partial charge < -0.3 is 0 Å². The number of Topliss-reactive ketones (excluding diaryl/α,β-unsaturated/α-hetero) is 2. The normalized spacial score (nSPS) is 12.6. The molecule has 0 aliphatic heterocycles. The summed E-state index contributed by atoms with van der Waals surface area (Å²) >= 11 is 0. The van der Waals surface area contributed by atoms with Gasteiger partial charge in [0.05, 0.1) is 6.42 Å². The van der Waals surface area contributed by atoms with Crippen LogP contribution in [0.4, 0.5) is 0 Å². The lowest BCUT2D eigenvalue weighted by molar-refractivity contribution is 0.0897. The Morgan fingerprint density at radius 1 is 0.349 bits per heavy atom. The topological polar surface area (TPSA) is 34.1 Å². The summed E-state index contributed by atoms with van der Waals surface area (Å²) in [5.41, 5.74) is 3.07. The van der Waals surface area contributed by atoms with Gasteiger partial charge >= 0.3 is 0 Å². The molecule has 43 heavy (non-hydrogen) atoms. The second-order valence-electron chi connectivity index (χ2n) is 10.4. The third-order valence-electron chi connectivity index (χ3n) is 7.80. The molecule has 0 saturated heterocycles. The molecule has 1 aliphatic carbocycles. The van der Waals surface area contributed by atoms with Crippen molar-refractivity contribution < 1.29 is 9.59 Å². The molecule has 0 spiro atoms. The van der Waals surface area contributed by atoms with Gasteiger partial charge in [-0.2, -0.15) is 0 Å². The molecule has 206 valence electrons. The second-order valence-corrected chi connectivity index (χ2v) is 14.8. The Bertz CT molecular complexity index is 1700. The van der Waals surface area contributed by atoms with E-state index in [0.29, 0.717) is 11.1 Å². The first kappa shape index (κ1) is 27.4. The molecule has 2 nitrogen and oxygen atoms in total. The van der Waals surface area contributed by atoms with E-state index in [-0.39, 0.29) is 18.0 Å². The molecule has 0 saturated carbocycles. The van der Waals surface area contributed by atoms with Crippen LogP contribution in [0.2, 0.25) is 0 Å². The Morgan fingerprint density at radius 2 is 0.651 bits per heavy atom. The lowest BCUT2D eigenvalue weighted by Crippen LogP contribution is -2.27. The van der Waals surface area contributed by atoms with E-state index < -0.39 is 15.8 Å². The quantitative estimate of drug-likeness (QED) is 0.161. The molecule has 0 unspecified atom stereocenters. The summed E-state index contributed by atoms with van der Waals surface area (Å²) in [5, 5.41) is 7.00. The van der Waals surface area contributed by atoms with Crippen molar-refractivity contribution in [2.24, 2.45) is 0 Å². The maximum atomic E-state index is 13.8. The third kappa shape index (κ3) is 5.19. The van der Waals surface area contributed by atoms with Crippen LogP contribution in [-0.4, -0.2) is 11.6 Å². The Kier molecular flexibility index (Phi) is 7.65. The lowest BCUT2D eigenvalue weighted by Gasteiger charge is -2.28. The predicted molar refractivity (Wildman–Crippen MR) is 183 cm³/mol. The highest BCUT2D eigenvalue weighted by atomic mass is 31.1. The van der Waals surface area contributed by atoms with E-state index in [0.717, 1.165) is 21.7 Å². The van der Waals surface area contributed by atoms with E-state index in [1.165, 1.54) is 21.2 Å². The molecule has 6 aromatic carbocycles. The van der Waals surface area contributed by atoms with Gasteiger partial charge in [-0.3, -0.25) is 9.59 Å². The number of hydrogen-bond acceptors (Lipinski definition) is 2. The van der Waals surface area contributed by atoms with E-state index in [2.05, 4.69) is 109 Å². The Hall–Kier alpha value is -4.48. The van der Waals surface area contributed by atoms with Crippen LogP contribution in [0, 0.1) is 0 Å². The van der Waals surface area contributed by atoms with Crippen molar-refractivity contribution in [2.75, 3.05) is 0 Å². The van der Waals surface area contributed by atoms with Crippen molar-refractivity contribution in [1.29, 1.82) is 0 Å². The molecule has 4 heteroatoms. The molecular formula is C39H28O2P2. The van der Waals surface area contributed by atoms with Gasteiger partial charge in [0.2, 0.25) is 0 Å². The summed E-state index contributed by atoms with van der Waals surface area (Å²) in [5.74, 6) is -0.243. The molecule has 0 amide bonds. The number of carbonyl (C=O) groups is 2. The zero-order valence-electron chi connectivity index (χ0n) is 23.4. The SMILES string of the molecule is O=C1CC(=O)c2cccc(P(c3ccccc3)c3ccccc3)c2-c2c1cccc2P(c1ccccc1)c1ccccc1. The molecular weight excluding hydrogens is 562 g/mol. The van der Waals surface area contributed by atoms with E-state index in [4.69, 9.17) is 0 Å². The van der Waals surface area contributed by atoms with Gasteiger partial charge in [0.15, 0.2) is 11.6 Å². The van der Waals surface area contributed by atoms with Crippen molar-refractivity contribution in [2.45, 2.75) is 6.42 Å². The van der Waals surface area contributed by atoms with Crippen molar-refractivity contribution in [3.05, 3.63) is 169 Å². The van der Waals surface area contributed by atoms with Gasteiger partial charge in [0.1, 0.15) is 0 Å². The van der Waals surface area contributed by atoms with Gasteiger partial charge in [-0.25, -0.2) is 0 Å². The maximum absolute atomic E-state index is 13.8. The summed E-state index contributed by atoms with van der Waals surface area (Å²) in [6.07, 6.45) is -0.129. The van der Waals surface area contributed by atoms with E-state index >= 15 is 0 Å². The van der Waals surface area contributed by atoms with Crippen LogP contribution in [-0.2, 0) is 0 Å². The highest BCUT2D eigenvalue weighted by Gasteiger charge is 2.34. The molecule has 0 aromatic heterocycles. The summed E-state index contributed by atoms with van der Waals surface area (Å²) in [4.78, 5) is 27.7. The van der Waals surface area contributed by atoms with Crippen LogP contribution in [0.5, 0.6) is 0 Å². The van der Waals surface area contributed by atoms with E-state index in [1.807, 2.05) is 48.5 Å². The first-order valence-electron chi connectivity index (χ1n) is 14.3. The number of benzene rings is 6. The van der Waals surface area contributed by atoms with Crippen molar-refractivity contribution >= 4 is 59.2 Å². The summed E-state index contributed by atoms with van der Waals surface area (Å²) in [7, 11) is -2.05. The van der Waals surface area contributed by atoms with Gasteiger partial charge in [0.25, 0.3) is 0 Å². The summed E-state index contributed by atoms with van der Waals surface area (Å²) < 4.78 is 0. The third-order valence-corrected chi connectivity index (χ3v) is 12.8. The molecule has 6 aromatic rings. The zero-order chi connectivity index (χ0) is 29.2. The summed E-state index contributed by atoms with van der Waals surface area (Å²) in [6.45, 7) is 0. The van der Waals surface area contributed by atoms with Crippen LogP contribution >= 0.6 is 15.8 Å². The second kappa shape index (κ2) is 12.0. The molecule has 0 fully saturated rings. The van der Waals surface area contributed by atoms with Gasteiger partial charge in [0, 0.05) is 22.3 Å². The van der Waals surface area contributed by atoms with E-state index in [9.17, 15) is 9.59 Å². The molecule has 0 N–H and O–H groups in total. The number of hydrogen-bond donors (Lipinski definition) is 0. The van der Waals surface area contributed by atoms with Gasteiger partial charge in [-0.05, 0) is 47.7 Å². The van der Waals surface area contributed by atoms with Crippen LogP contribution in [0.1, 0.15) is 27.1 Å². The fourth-order valence-electron chi connectivity index (χ4n) is 5.94. The number of carbonyl (C=O) groups excluding carboxylic acids is 2. The number of rotatable bonds is 6. The predicted octanol–water partition coefficient (Wildman–Crippen LogP) is 6.64. The minimum Gasteiger partial charge on any atom is -0.294 e. The first-order chi connectivity index (χ1) is 21.2. The Morgan fingerprint density at radius 3 is 0.953 bits per heavy atom. The number of ketones is 2. The maximum Gasteiger partial charge on any atom is 0.171 e. The van der Waals surface area contributed by atoms with Crippen LogP contribution in [0.25, 0.3) is 11.1 Å². The molecule has 0 heterocycles. The molecule has 7 rings (SSSR count).